The third-order valence-corrected chi connectivity index (χ3v) is 3.47. The number of benzene rings is 2. The quantitative estimate of drug-likeness (QED) is 0.780. The van der Waals surface area contributed by atoms with E-state index in [2.05, 4.69) is 34.6 Å². The average Bonchev–Trinajstić information content (AvgIpc) is 3.00. The van der Waals surface area contributed by atoms with Gasteiger partial charge in [-0.05, 0) is 41.9 Å². The Hall–Kier alpha value is -2.40. The Labute approximate surface area is 123 Å². The summed E-state index contributed by atoms with van der Waals surface area (Å²) < 4.78 is 7.08. The van der Waals surface area contributed by atoms with E-state index in [1.54, 1.807) is 7.11 Å². The van der Waals surface area contributed by atoms with Crippen LogP contribution in [0.1, 0.15) is 6.42 Å². The van der Waals surface area contributed by atoms with Crippen LogP contribution in [-0.2, 0) is 6.54 Å². The Bertz CT molecular complexity index is 751. The summed E-state index contributed by atoms with van der Waals surface area (Å²) in [5.74, 6) is 0.864. The first-order valence-corrected chi connectivity index (χ1v) is 6.98. The van der Waals surface area contributed by atoms with Gasteiger partial charge in [0.15, 0.2) is 0 Å². The minimum Gasteiger partial charge on any atom is -0.497 e. The van der Waals surface area contributed by atoms with E-state index in [-0.39, 0.29) is 0 Å². The van der Waals surface area contributed by atoms with Crippen LogP contribution in [0.2, 0.25) is 0 Å². The molecule has 0 bridgehead atoms. The molecular weight excluding hydrogens is 264 g/mol. The van der Waals surface area contributed by atoms with Crippen molar-refractivity contribution in [1.29, 1.82) is 0 Å². The van der Waals surface area contributed by atoms with Crippen LogP contribution in [0.15, 0.2) is 42.6 Å². The molecule has 21 heavy (non-hydrogen) atoms. The summed E-state index contributed by atoms with van der Waals surface area (Å²) in [6, 6.07) is 12.3. The molecule has 0 aliphatic rings. The second kappa shape index (κ2) is 5.93. The van der Waals surface area contributed by atoms with Crippen molar-refractivity contribution in [3.8, 4) is 17.0 Å². The zero-order chi connectivity index (χ0) is 14.7. The summed E-state index contributed by atoms with van der Waals surface area (Å²) in [6.45, 7) is 1.46. The van der Waals surface area contributed by atoms with Crippen LogP contribution >= 0.6 is 0 Å². The van der Waals surface area contributed by atoms with Crippen molar-refractivity contribution in [2.45, 2.75) is 13.0 Å². The first-order chi connectivity index (χ1) is 10.3. The Morgan fingerprint density at radius 1 is 1.14 bits per heavy atom. The SMILES string of the molecule is COc1ccc2cc(-c3cn(CCCN)nn3)ccc2c1. The van der Waals surface area contributed by atoms with Crippen LogP contribution in [0, 0.1) is 0 Å². The largest absolute Gasteiger partial charge is 0.497 e. The number of fused-ring (bicyclic) bond motifs is 1. The standard InChI is InChI=1S/C16H18N4O/c1-21-15-6-5-12-9-14(4-3-13(12)10-15)16-11-20(19-18-16)8-2-7-17/h3-6,9-11H,2,7-8,17H2,1H3. The summed E-state index contributed by atoms with van der Waals surface area (Å²) >= 11 is 0. The summed E-state index contributed by atoms with van der Waals surface area (Å²) in [5.41, 5.74) is 7.45. The van der Waals surface area contributed by atoms with E-state index in [4.69, 9.17) is 10.5 Å². The second-order valence-electron chi connectivity index (χ2n) is 4.94. The van der Waals surface area contributed by atoms with Crippen LogP contribution in [0.3, 0.4) is 0 Å². The number of aromatic nitrogens is 3. The Kier molecular flexibility index (Phi) is 3.83. The van der Waals surface area contributed by atoms with E-state index in [1.807, 2.05) is 23.0 Å². The fourth-order valence-corrected chi connectivity index (χ4v) is 2.30. The highest BCUT2D eigenvalue weighted by Crippen LogP contribution is 2.25. The molecular formula is C16H18N4O. The first kappa shape index (κ1) is 13.6. The van der Waals surface area contributed by atoms with Crippen molar-refractivity contribution in [3.63, 3.8) is 0 Å². The Balaban J connectivity index is 1.91. The number of hydrogen-bond acceptors (Lipinski definition) is 4. The topological polar surface area (TPSA) is 66.0 Å². The predicted molar refractivity (Wildman–Crippen MR) is 83.2 cm³/mol. The van der Waals surface area contributed by atoms with E-state index < -0.39 is 0 Å². The number of ether oxygens (including phenoxy) is 1. The molecule has 0 atom stereocenters. The Morgan fingerprint density at radius 2 is 1.95 bits per heavy atom. The molecule has 0 saturated carbocycles. The van der Waals surface area contributed by atoms with Gasteiger partial charge in [-0.2, -0.15) is 0 Å². The van der Waals surface area contributed by atoms with E-state index in [9.17, 15) is 0 Å². The molecule has 2 N–H and O–H groups in total. The van der Waals surface area contributed by atoms with Gasteiger partial charge in [0.2, 0.25) is 0 Å². The van der Waals surface area contributed by atoms with Crippen LogP contribution in [0.4, 0.5) is 0 Å². The molecule has 0 spiro atoms. The fourth-order valence-electron chi connectivity index (χ4n) is 2.30. The number of rotatable bonds is 5. The highest BCUT2D eigenvalue weighted by atomic mass is 16.5. The molecule has 0 aliphatic carbocycles. The van der Waals surface area contributed by atoms with Crippen molar-refractivity contribution < 1.29 is 4.74 Å². The maximum Gasteiger partial charge on any atom is 0.119 e. The molecule has 0 fully saturated rings. The monoisotopic (exact) mass is 282 g/mol. The number of nitrogens with two attached hydrogens (primary N) is 1. The Morgan fingerprint density at radius 3 is 2.76 bits per heavy atom. The molecule has 0 saturated heterocycles. The van der Waals surface area contributed by atoms with Crippen LogP contribution in [-0.4, -0.2) is 28.6 Å². The maximum atomic E-state index is 5.51. The van der Waals surface area contributed by atoms with Gasteiger partial charge in [0, 0.05) is 12.1 Å². The summed E-state index contributed by atoms with van der Waals surface area (Å²) in [7, 11) is 1.68. The van der Waals surface area contributed by atoms with Gasteiger partial charge in [0.25, 0.3) is 0 Å². The average molecular weight is 282 g/mol. The van der Waals surface area contributed by atoms with Gasteiger partial charge in [-0.1, -0.05) is 23.4 Å². The molecule has 5 heteroatoms. The molecule has 0 unspecified atom stereocenters. The lowest BCUT2D eigenvalue weighted by atomic mass is 10.1. The lowest BCUT2D eigenvalue weighted by Crippen LogP contribution is -2.06. The maximum absolute atomic E-state index is 5.51. The molecule has 108 valence electrons. The van der Waals surface area contributed by atoms with Crippen molar-refractivity contribution in [2.24, 2.45) is 5.73 Å². The third-order valence-electron chi connectivity index (χ3n) is 3.47. The number of nitrogens with zero attached hydrogens (tertiary/aromatic N) is 3. The van der Waals surface area contributed by atoms with Gasteiger partial charge in [-0.3, -0.25) is 4.68 Å². The molecule has 1 heterocycles. The molecule has 5 nitrogen and oxygen atoms in total. The zero-order valence-corrected chi connectivity index (χ0v) is 12.0. The number of hydrogen-bond donors (Lipinski definition) is 1. The second-order valence-corrected chi connectivity index (χ2v) is 4.94. The molecule has 0 amide bonds. The van der Waals surface area contributed by atoms with E-state index in [1.165, 1.54) is 0 Å². The summed E-state index contributed by atoms with van der Waals surface area (Å²) in [4.78, 5) is 0. The molecule has 3 aromatic rings. The molecule has 1 aromatic heterocycles. The highest BCUT2D eigenvalue weighted by molar-refractivity contribution is 5.87. The first-order valence-electron chi connectivity index (χ1n) is 6.98. The zero-order valence-electron chi connectivity index (χ0n) is 12.0. The number of methoxy groups -OCH3 is 1. The third kappa shape index (κ3) is 2.87. The lowest BCUT2D eigenvalue weighted by molar-refractivity contribution is 0.415. The van der Waals surface area contributed by atoms with Gasteiger partial charge in [-0.25, -0.2) is 0 Å². The van der Waals surface area contributed by atoms with Crippen molar-refractivity contribution in [1.82, 2.24) is 15.0 Å². The smallest absolute Gasteiger partial charge is 0.119 e. The van der Waals surface area contributed by atoms with Crippen LogP contribution in [0.25, 0.3) is 22.0 Å². The van der Waals surface area contributed by atoms with Gasteiger partial charge in [-0.15, -0.1) is 5.10 Å². The minimum absolute atomic E-state index is 0.660. The predicted octanol–water partition coefficient (Wildman–Crippen LogP) is 2.46. The summed E-state index contributed by atoms with van der Waals surface area (Å²) in [6.07, 6.45) is 2.86. The molecule has 2 aromatic carbocycles. The molecule has 3 rings (SSSR count). The van der Waals surface area contributed by atoms with Gasteiger partial charge < -0.3 is 10.5 Å². The van der Waals surface area contributed by atoms with E-state index >= 15 is 0 Å². The highest BCUT2D eigenvalue weighted by Gasteiger charge is 2.05. The van der Waals surface area contributed by atoms with E-state index in [0.29, 0.717) is 6.54 Å². The van der Waals surface area contributed by atoms with Gasteiger partial charge in [0.1, 0.15) is 11.4 Å². The van der Waals surface area contributed by atoms with Crippen molar-refractivity contribution >= 4 is 10.8 Å². The summed E-state index contributed by atoms with van der Waals surface area (Å²) in [5, 5.41) is 10.7. The number of aryl methyl sites for hydroxylation is 1. The van der Waals surface area contributed by atoms with Gasteiger partial charge in [0.05, 0.1) is 13.3 Å². The van der Waals surface area contributed by atoms with Crippen LogP contribution < -0.4 is 10.5 Å². The lowest BCUT2D eigenvalue weighted by Gasteiger charge is -2.04. The minimum atomic E-state index is 0.660. The van der Waals surface area contributed by atoms with Crippen molar-refractivity contribution in [3.05, 3.63) is 42.6 Å². The van der Waals surface area contributed by atoms with Crippen LogP contribution in [0.5, 0.6) is 5.75 Å². The van der Waals surface area contributed by atoms with E-state index in [0.717, 1.165) is 40.7 Å². The molecule has 0 aliphatic heterocycles. The fraction of sp³-hybridized carbons (Fsp3) is 0.250. The van der Waals surface area contributed by atoms with Crippen molar-refractivity contribution in [2.75, 3.05) is 13.7 Å². The molecule has 0 radical (unpaired) electrons. The normalized spacial score (nSPS) is 11.0. The van der Waals surface area contributed by atoms with Gasteiger partial charge >= 0.3 is 0 Å².